The number of halogens is 3. The van der Waals surface area contributed by atoms with E-state index in [1.54, 1.807) is 30.3 Å². The quantitative estimate of drug-likeness (QED) is 0.277. The predicted octanol–water partition coefficient (Wildman–Crippen LogP) is 5.84. The number of fused-ring (bicyclic) bond motifs is 2. The molecule has 0 bridgehead atoms. The van der Waals surface area contributed by atoms with Crippen LogP contribution in [0.4, 0.5) is 10.1 Å². The number of rotatable bonds is 7. The molecule has 2 aromatic rings. The van der Waals surface area contributed by atoms with Crippen LogP contribution in [0.1, 0.15) is 83.8 Å². The lowest BCUT2D eigenvalue weighted by molar-refractivity contribution is -0.153. The molecule has 1 saturated heterocycles. The molecule has 0 aromatic heterocycles. The number of esters is 1. The fourth-order valence-electron chi connectivity index (χ4n) is 7.28. The number of amides is 2. The van der Waals surface area contributed by atoms with Crippen molar-refractivity contribution in [3.63, 3.8) is 0 Å². The normalized spacial score (nSPS) is 28.6. The molecule has 244 valence electrons. The Kier molecular flexibility index (Phi) is 9.58. The van der Waals surface area contributed by atoms with Crippen molar-refractivity contribution in [1.29, 1.82) is 0 Å². The van der Waals surface area contributed by atoms with Gasteiger partial charge in [-0.05, 0) is 72.8 Å². The number of benzene rings is 2. The number of carbonyl (C=O) groups excluding carboxylic acids is 3. The predicted molar refractivity (Wildman–Crippen MR) is 174 cm³/mol. The van der Waals surface area contributed by atoms with Gasteiger partial charge >= 0.3 is 5.97 Å². The van der Waals surface area contributed by atoms with E-state index in [4.69, 9.17) is 33.7 Å². The Hall–Kier alpha value is -2.72. The summed E-state index contributed by atoms with van der Waals surface area (Å²) in [6.07, 6.45) is 2.63. The molecule has 2 heterocycles. The molecular weight excluding hydrogens is 618 g/mol. The summed E-state index contributed by atoms with van der Waals surface area (Å²) in [5.74, 6) is -2.65. The van der Waals surface area contributed by atoms with Crippen LogP contribution in [0.5, 0.6) is 0 Å². The van der Waals surface area contributed by atoms with Crippen molar-refractivity contribution < 1.29 is 23.5 Å². The zero-order valence-electron chi connectivity index (χ0n) is 26.4. The second kappa shape index (κ2) is 12.8. The number of anilines is 1. The van der Waals surface area contributed by atoms with Gasteiger partial charge in [-0.25, -0.2) is 4.39 Å². The number of ether oxygens (including phenoxy) is 1. The third kappa shape index (κ3) is 6.46. The molecule has 1 saturated carbocycles. The maximum atomic E-state index is 16.0. The number of hydrogen-bond acceptors (Lipinski definition) is 6. The smallest absolute Gasteiger partial charge is 0.323 e. The molecule has 5 atom stereocenters. The van der Waals surface area contributed by atoms with Crippen molar-refractivity contribution in [2.75, 3.05) is 5.32 Å². The highest BCUT2D eigenvalue weighted by Crippen LogP contribution is 2.57. The standard InChI is InChI=1S/C34H43Cl2FN4O4/c1-17(2)28(38)31(43)45-20-12-10-19(11-13-20)39-30(42)29-26(21-7-6-8-23(36)27(21)37)34(25(41-29)16-33(3,4)5)22-14-9-18(35)15-24(22)40-32(34)44/h6-9,14-15,17,19-20,25-26,28-29,41H,10-13,16,38H2,1-5H3,(H,39,42)(H,40,44)/t19-,20-,25-,26+,28-,29-,34+/m1/s1. The summed E-state index contributed by atoms with van der Waals surface area (Å²) >= 11 is 12.6. The molecule has 1 aliphatic carbocycles. The van der Waals surface area contributed by atoms with Crippen LogP contribution < -0.4 is 21.7 Å². The van der Waals surface area contributed by atoms with Gasteiger partial charge in [0, 0.05) is 28.7 Å². The maximum absolute atomic E-state index is 16.0. The zero-order valence-corrected chi connectivity index (χ0v) is 27.9. The van der Waals surface area contributed by atoms with Crippen LogP contribution in [0.15, 0.2) is 36.4 Å². The Labute approximate surface area is 274 Å². The molecular formula is C34H43Cl2FN4O4. The van der Waals surface area contributed by atoms with Crippen molar-refractivity contribution in [3.8, 4) is 0 Å². The van der Waals surface area contributed by atoms with Gasteiger partial charge in [0.15, 0.2) is 0 Å². The summed E-state index contributed by atoms with van der Waals surface area (Å²) in [7, 11) is 0. The average molecular weight is 662 g/mol. The molecule has 5 N–H and O–H groups in total. The minimum atomic E-state index is -1.32. The van der Waals surface area contributed by atoms with Crippen LogP contribution >= 0.6 is 23.2 Å². The Morgan fingerprint density at radius 3 is 2.47 bits per heavy atom. The summed E-state index contributed by atoms with van der Waals surface area (Å²) in [5.41, 5.74) is 5.81. The molecule has 11 heteroatoms. The minimum absolute atomic E-state index is 0.0272. The van der Waals surface area contributed by atoms with Gasteiger partial charge in [-0.15, -0.1) is 0 Å². The largest absolute Gasteiger partial charge is 0.461 e. The number of nitrogens with two attached hydrogens (primary N) is 1. The first-order valence-corrected chi connectivity index (χ1v) is 16.5. The van der Waals surface area contributed by atoms with E-state index in [1.165, 1.54) is 6.07 Å². The lowest BCUT2D eigenvalue weighted by atomic mass is 9.62. The first-order chi connectivity index (χ1) is 21.1. The average Bonchev–Trinajstić information content (AvgIpc) is 3.44. The van der Waals surface area contributed by atoms with Crippen LogP contribution in [0.3, 0.4) is 0 Å². The van der Waals surface area contributed by atoms with E-state index in [0.29, 0.717) is 48.4 Å². The van der Waals surface area contributed by atoms with E-state index in [1.807, 2.05) is 13.8 Å². The summed E-state index contributed by atoms with van der Waals surface area (Å²) in [6.45, 7) is 9.95. The lowest BCUT2D eigenvalue weighted by Crippen LogP contribution is -2.50. The summed E-state index contributed by atoms with van der Waals surface area (Å²) in [6, 6.07) is 7.60. The van der Waals surface area contributed by atoms with Crippen LogP contribution in [-0.4, -0.2) is 48.1 Å². The monoisotopic (exact) mass is 660 g/mol. The van der Waals surface area contributed by atoms with E-state index >= 15 is 4.39 Å². The number of nitrogens with one attached hydrogen (secondary N) is 3. The molecule has 0 radical (unpaired) electrons. The molecule has 2 amide bonds. The summed E-state index contributed by atoms with van der Waals surface area (Å²) in [5, 5.41) is 10.1. The Morgan fingerprint density at radius 1 is 1.13 bits per heavy atom. The molecule has 3 aliphatic rings. The first-order valence-electron chi connectivity index (χ1n) is 15.7. The van der Waals surface area contributed by atoms with E-state index in [-0.39, 0.29) is 45.9 Å². The van der Waals surface area contributed by atoms with Gasteiger partial charge in [0.1, 0.15) is 23.4 Å². The maximum Gasteiger partial charge on any atom is 0.323 e. The third-order valence-electron chi connectivity index (χ3n) is 9.51. The highest BCUT2D eigenvalue weighted by atomic mass is 35.5. The Morgan fingerprint density at radius 2 is 1.82 bits per heavy atom. The van der Waals surface area contributed by atoms with Crippen molar-refractivity contribution in [2.45, 2.75) is 108 Å². The van der Waals surface area contributed by atoms with Gasteiger partial charge < -0.3 is 26.4 Å². The topological polar surface area (TPSA) is 123 Å². The van der Waals surface area contributed by atoms with E-state index in [2.05, 4.69) is 36.7 Å². The molecule has 2 aromatic carbocycles. The second-order valence-corrected chi connectivity index (χ2v) is 15.1. The Bertz CT molecular complexity index is 1470. The molecule has 8 nitrogen and oxygen atoms in total. The molecule has 45 heavy (non-hydrogen) atoms. The summed E-state index contributed by atoms with van der Waals surface area (Å²) in [4.78, 5) is 40.9. The van der Waals surface area contributed by atoms with Crippen LogP contribution in [0.25, 0.3) is 0 Å². The van der Waals surface area contributed by atoms with E-state index in [9.17, 15) is 14.4 Å². The van der Waals surface area contributed by atoms with Crippen LogP contribution in [0.2, 0.25) is 10.0 Å². The highest BCUT2D eigenvalue weighted by Gasteiger charge is 2.66. The van der Waals surface area contributed by atoms with Gasteiger partial charge in [-0.2, -0.15) is 0 Å². The third-order valence-corrected chi connectivity index (χ3v) is 10.0. The highest BCUT2D eigenvalue weighted by molar-refractivity contribution is 6.31. The minimum Gasteiger partial charge on any atom is -0.461 e. The molecule has 5 rings (SSSR count). The van der Waals surface area contributed by atoms with Crippen molar-refractivity contribution in [2.24, 2.45) is 17.1 Å². The zero-order chi connectivity index (χ0) is 32.8. The van der Waals surface area contributed by atoms with Gasteiger partial charge in [0.05, 0.1) is 11.1 Å². The fourth-order valence-corrected chi connectivity index (χ4v) is 7.64. The van der Waals surface area contributed by atoms with E-state index < -0.39 is 41.2 Å². The molecule has 2 fully saturated rings. The van der Waals surface area contributed by atoms with Crippen molar-refractivity contribution >= 4 is 46.7 Å². The van der Waals surface area contributed by atoms with Gasteiger partial charge in [0.2, 0.25) is 11.8 Å². The van der Waals surface area contributed by atoms with Crippen molar-refractivity contribution in [1.82, 2.24) is 10.6 Å². The van der Waals surface area contributed by atoms with E-state index in [0.717, 1.165) is 0 Å². The first kappa shape index (κ1) is 33.6. The van der Waals surface area contributed by atoms with Gasteiger partial charge in [0.25, 0.3) is 0 Å². The Balaban J connectivity index is 1.48. The SMILES string of the molecule is CC(C)[C@@H](N)C(=O)O[C@H]1CC[C@H](NC(=O)[C@@H]2N[C@H](CC(C)(C)C)[C@]3(C(=O)Nc4cc(Cl)ccc43)[C@H]2c2cccc(Cl)c2F)CC1. The van der Waals surface area contributed by atoms with Crippen LogP contribution in [-0.2, 0) is 24.5 Å². The fraction of sp³-hybridized carbons (Fsp3) is 0.559. The molecule has 1 spiro atoms. The second-order valence-electron chi connectivity index (χ2n) is 14.3. The van der Waals surface area contributed by atoms with Crippen LogP contribution in [0, 0.1) is 17.2 Å². The molecule has 2 aliphatic heterocycles. The number of hydrogen-bond donors (Lipinski definition) is 4. The van der Waals surface area contributed by atoms with Gasteiger partial charge in [-0.3, -0.25) is 14.4 Å². The van der Waals surface area contributed by atoms with Crippen molar-refractivity contribution in [3.05, 3.63) is 63.4 Å². The number of carbonyl (C=O) groups is 3. The summed E-state index contributed by atoms with van der Waals surface area (Å²) < 4.78 is 21.6. The van der Waals surface area contributed by atoms with Gasteiger partial charge in [-0.1, -0.05) is 76.0 Å². The molecule has 0 unspecified atom stereocenters. The lowest BCUT2D eigenvalue weighted by Gasteiger charge is -2.38.